The molecule has 0 amide bonds. The van der Waals surface area contributed by atoms with Gasteiger partial charge in [-0.05, 0) is 25.5 Å². The minimum atomic E-state index is -4.64. The number of nitrogens with zero attached hydrogens (tertiary/aromatic N) is 2. The number of aromatic nitrogens is 2. The van der Waals surface area contributed by atoms with Crippen LogP contribution in [0.3, 0.4) is 0 Å². The maximum Gasteiger partial charge on any atom is 0.413 e. The summed E-state index contributed by atoms with van der Waals surface area (Å²) < 4.78 is 53.9. The van der Waals surface area contributed by atoms with Crippen molar-refractivity contribution >= 4 is 11.0 Å². The molecular formula is C13H15F4N3. The van der Waals surface area contributed by atoms with Crippen LogP contribution in [0, 0.1) is 5.82 Å². The zero-order chi connectivity index (χ0) is 15.1. The number of halogens is 4. The maximum absolute atomic E-state index is 13.2. The third kappa shape index (κ3) is 2.26. The van der Waals surface area contributed by atoms with Gasteiger partial charge in [0.2, 0.25) is 0 Å². The minimum Gasteiger partial charge on any atom is -0.326 e. The van der Waals surface area contributed by atoms with Gasteiger partial charge in [-0.1, -0.05) is 6.92 Å². The Labute approximate surface area is 113 Å². The number of nitrogens with two attached hydrogens (primary N) is 1. The molecule has 2 aromatic rings. The lowest BCUT2D eigenvalue weighted by molar-refractivity contribution is -0.186. The third-order valence-electron chi connectivity index (χ3n) is 3.21. The molecule has 1 aromatic carbocycles. The molecular weight excluding hydrogens is 274 g/mol. The summed E-state index contributed by atoms with van der Waals surface area (Å²) in [5.41, 5.74) is 3.48. The Kier molecular flexibility index (Phi) is 3.49. The average molecular weight is 289 g/mol. The van der Waals surface area contributed by atoms with Crippen molar-refractivity contribution in [3.05, 3.63) is 29.8 Å². The number of benzene rings is 1. The molecule has 1 aromatic heterocycles. The van der Waals surface area contributed by atoms with Crippen LogP contribution in [0.2, 0.25) is 0 Å². The molecule has 0 aliphatic carbocycles. The number of hydrogen-bond donors (Lipinski definition) is 1. The lowest BCUT2D eigenvalue weighted by Gasteiger charge is -2.27. The van der Waals surface area contributed by atoms with Crippen LogP contribution in [-0.2, 0) is 12.1 Å². The van der Waals surface area contributed by atoms with E-state index in [0.29, 0.717) is 18.5 Å². The van der Waals surface area contributed by atoms with E-state index in [0.717, 1.165) is 13.0 Å². The van der Waals surface area contributed by atoms with E-state index in [1.165, 1.54) is 16.7 Å². The van der Waals surface area contributed by atoms with Crippen molar-refractivity contribution in [1.82, 2.24) is 9.55 Å². The predicted octanol–water partition coefficient (Wildman–Crippen LogP) is 3.32. The number of fused-ring (bicyclic) bond motifs is 1. The second-order valence-corrected chi connectivity index (χ2v) is 4.92. The first-order valence-electron chi connectivity index (χ1n) is 6.20. The molecule has 0 aliphatic heterocycles. The van der Waals surface area contributed by atoms with E-state index in [9.17, 15) is 17.6 Å². The second-order valence-electron chi connectivity index (χ2n) is 4.92. The molecule has 1 atom stereocenters. The van der Waals surface area contributed by atoms with E-state index in [1.54, 1.807) is 0 Å². The summed E-state index contributed by atoms with van der Waals surface area (Å²) in [6, 6.07) is 3.72. The van der Waals surface area contributed by atoms with Crippen molar-refractivity contribution in [2.75, 3.05) is 0 Å². The smallest absolute Gasteiger partial charge is 0.326 e. The minimum absolute atomic E-state index is 0.175. The summed E-state index contributed by atoms with van der Waals surface area (Å²) in [4.78, 5) is 3.91. The summed E-state index contributed by atoms with van der Waals surface area (Å²) in [5, 5.41) is 0. The second kappa shape index (κ2) is 4.73. The van der Waals surface area contributed by atoms with E-state index < -0.39 is 17.5 Å². The van der Waals surface area contributed by atoms with Gasteiger partial charge in [-0.25, -0.2) is 9.37 Å². The van der Waals surface area contributed by atoms with Crippen molar-refractivity contribution in [2.45, 2.75) is 38.5 Å². The Bertz CT molecular complexity index is 628. The van der Waals surface area contributed by atoms with E-state index in [1.807, 2.05) is 6.92 Å². The van der Waals surface area contributed by atoms with Crippen LogP contribution in [0.15, 0.2) is 18.2 Å². The molecule has 0 fully saturated rings. The quantitative estimate of drug-likeness (QED) is 0.881. The van der Waals surface area contributed by atoms with Crippen LogP contribution >= 0.6 is 0 Å². The maximum atomic E-state index is 13.2. The molecule has 110 valence electrons. The normalized spacial score (nSPS) is 15.6. The van der Waals surface area contributed by atoms with E-state index >= 15 is 0 Å². The highest BCUT2D eigenvalue weighted by atomic mass is 19.4. The topological polar surface area (TPSA) is 43.8 Å². The van der Waals surface area contributed by atoms with Crippen molar-refractivity contribution in [3.8, 4) is 0 Å². The fourth-order valence-electron chi connectivity index (χ4n) is 2.08. The molecule has 0 bridgehead atoms. The molecule has 1 heterocycles. The Morgan fingerprint density at radius 3 is 2.50 bits per heavy atom. The van der Waals surface area contributed by atoms with Gasteiger partial charge >= 0.3 is 6.18 Å². The summed E-state index contributed by atoms with van der Waals surface area (Å²) in [7, 11) is 0. The average Bonchev–Trinajstić information content (AvgIpc) is 2.67. The van der Waals surface area contributed by atoms with Crippen LogP contribution in [0.5, 0.6) is 0 Å². The van der Waals surface area contributed by atoms with Gasteiger partial charge in [0.05, 0.1) is 11.0 Å². The number of aryl methyl sites for hydroxylation is 1. The molecule has 20 heavy (non-hydrogen) atoms. The Morgan fingerprint density at radius 1 is 1.30 bits per heavy atom. The molecule has 0 aliphatic rings. The first kappa shape index (κ1) is 14.8. The van der Waals surface area contributed by atoms with E-state index in [4.69, 9.17) is 5.73 Å². The highest BCUT2D eigenvalue weighted by Gasteiger charge is 2.52. The number of imidazole rings is 1. The van der Waals surface area contributed by atoms with Gasteiger partial charge in [-0.2, -0.15) is 13.2 Å². The van der Waals surface area contributed by atoms with Gasteiger partial charge in [0, 0.05) is 12.6 Å². The van der Waals surface area contributed by atoms with Gasteiger partial charge in [0.15, 0.2) is 5.54 Å². The summed E-state index contributed by atoms with van der Waals surface area (Å²) in [6.45, 7) is 3.04. The Morgan fingerprint density at radius 2 is 1.95 bits per heavy atom. The van der Waals surface area contributed by atoms with Gasteiger partial charge in [-0.15, -0.1) is 0 Å². The summed E-state index contributed by atoms with van der Waals surface area (Å²) in [5.74, 6) is -0.844. The summed E-state index contributed by atoms with van der Waals surface area (Å²) in [6.07, 6.45) is -4.03. The molecule has 0 spiro atoms. The van der Waals surface area contributed by atoms with Crippen molar-refractivity contribution < 1.29 is 17.6 Å². The molecule has 2 N–H and O–H groups in total. The molecule has 0 saturated heterocycles. The lowest BCUT2D eigenvalue weighted by Crippen LogP contribution is -2.49. The fraction of sp³-hybridized carbons (Fsp3) is 0.462. The number of hydrogen-bond acceptors (Lipinski definition) is 2. The van der Waals surface area contributed by atoms with Crippen molar-refractivity contribution in [2.24, 2.45) is 5.73 Å². The highest BCUT2D eigenvalue weighted by molar-refractivity contribution is 5.76. The highest BCUT2D eigenvalue weighted by Crippen LogP contribution is 2.37. The molecule has 0 saturated carbocycles. The third-order valence-corrected chi connectivity index (χ3v) is 3.21. The molecule has 1 unspecified atom stereocenters. The monoisotopic (exact) mass is 289 g/mol. The number of alkyl halides is 3. The molecule has 0 radical (unpaired) electrons. The van der Waals surface area contributed by atoms with Crippen LogP contribution in [-0.4, -0.2) is 15.7 Å². The fourth-order valence-corrected chi connectivity index (χ4v) is 2.08. The lowest BCUT2D eigenvalue weighted by atomic mass is 10.0. The zero-order valence-corrected chi connectivity index (χ0v) is 11.1. The van der Waals surface area contributed by atoms with Crippen LogP contribution in [0.4, 0.5) is 17.6 Å². The summed E-state index contributed by atoms with van der Waals surface area (Å²) >= 11 is 0. The predicted molar refractivity (Wildman–Crippen MR) is 67.6 cm³/mol. The van der Waals surface area contributed by atoms with Crippen LogP contribution in [0.1, 0.15) is 26.1 Å². The van der Waals surface area contributed by atoms with Gasteiger partial charge in [-0.3, -0.25) is 0 Å². The largest absolute Gasteiger partial charge is 0.413 e. The van der Waals surface area contributed by atoms with E-state index in [-0.39, 0.29) is 11.3 Å². The first-order valence-corrected chi connectivity index (χ1v) is 6.20. The standard InChI is InChI=1S/C13H15F4N3/c1-3-6-20-10-5-4-8(14)7-9(10)19-11(20)12(2,18)13(15,16)17/h4-5,7H,3,6,18H2,1-2H3. The SMILES string of the molecule is CCCn1c(C(C)(N)C(F)(F)F)nc2cc(F)ccc21. The zero-order valence-electron chi connectivity index (χ0n) is 11.1. The first-order chi connectivity index (χ1) is 9.18. The van der Waals surface area contributed by atoms with Crippen LogP contribution < -0.4 is 5.73 Å². The van der Waals surface area contributed by atoms with Crippen molar-refractivity contribution in [3.63, 3.8) is 0 Å². The Balaban J connectivity index is 2.72. The molecule has 7 heteroatoms. The number of rotatable bonds is 3. The van der Waals surface area contributed by atoms with Crippen LogP contribution in [0.25, 0.3) is 11.0 Å². The van der Waals surface area contributed by atoms with Gasteiger partial charge in [0.25, 0.3) is 0 Å². The van der Waals surface area contributed by atoms with Gasteiger partial charge < -0.3 is 10.3 Å². The van der Waals surface area contributed by atoms with E-state index in [2.05, 4.69) is 4.98 Å². The van der Waals surface area contributed by atoms with Crippen molar-refractivity contribution in [1.29, 1.82) is 0 Å². The molecule has 2 rings (SSSR count). The van der Waals surface area contributed by atoms with Gasteiger partial charge in [0.1, 0.15) is 11.6 Å². The Hall–Kier alpha value is -1.63. The molecule has 3 nitrogen and oxygen atoms in total.